The van der Waals surface area contributed by atoms with Crippen LogP contribution in [0.25, 0.3) is 0 Å². The van der Waals surface area contributed by atoms with Gasteiger partial charge in [0.1, 0.15) is 0 Å². The number of rotatable bonds is 1. The van der Waals surface area contributed by atoms with Gasteiger partial charge >= 0.3 is 0 Å². The van der Waals surface area contributed by atoms with Crippen LogP contribution in [-0.2, 0) is 0 Å². The lowest BCUT2D eigenvalue weighted by Crippen LogP contribution is -1.96. The maximum atomic E-state index is 4.18. The molecule has 0 saturated carbocycles. The van der Waals surface area contributed by atoms with Crippen molar-refractivity contribution in [3.8, 4) is 0 Å². The lowest BCUT2D eigenvalue weighted by molar-refractivity contribution is 1.51. The summed E-state index contributed by atoms with van der Waals surface area (Å²) in [7, 11) is 0. The molecule has 1 rings (SSSR count). The summed E-state index contributed by atoms with van der Waals surface area (Å²) in [6.45, 7) is 5.79. The number of hydrogen-bond donors (Lipinski definition) is 0. The minimum Gasteiger partial charge on any atom is -0.257 e. The first kappa shape index (κ1) is 7.73. The molecule has 0 spiro atoms. The lowest BCUT2D eigenvalue weighted by Gasteiger charge is -2.01. The van der Waals surface area contributed by atoms with Crippen LogP contribution >= 0.6 is 0 Å². The van der Waals surface area contributed by atoms with Crippen LogP contribution in [0.2, 0.25) is 0 Å². The Hall–Kier alpha value is -1.37. The van der Waals surface area contributed by atoms with Crippen molar-refractivity contribution in [1.82, 2.24) is 0 Å². The summed E-state index contributed by atoms with van der Waals surface area (Å²) in [6, 6.07) is 0. The van der Waals surface area contributed by atoms with Crippen molar-refractivity contribution in [3.63, 3.8) is 0 Å². The highest BCUT2D eigenvalue weighted by Gasteiger charge is 1.97. The maximum absolute atomic E-state index is 4.18. The van der Waals surface area contributed by atoms with E-state index < -0.39 is 0 Å². The predicted molar refractivity (Wildman–Crippen MR) is 49.7 cm³/mol. The van der Waals surface area contributed by atoms with E-state index in [0.29, 0.717) is 0 Å². The van der Waals surface area contributed by atoms with Crippen molar-refractivity contribution in [3.05, 3.63) is 48.7 Å². The molecule has 0 N–H and O–H groups in total. The Balaban J connectivity index is 2.81. The number of hydrogen-bond acceptors (Lipinski definition) is 1. The average molecular weight is 145 g/mol. The van der Waals surface area contributed by atoms with Crippen LogP contribution in [0.5, 0.6) is 0 Å². The molecular formula is C10H11N. The van der Waals surface area contributed by atoms with Crippen molar-refractivity contribution in [1.29, 1.82) is 0 Å². The van der Waals surface area contributed by atoms with Gasteiger partial charge in [-0.3, -0.25) is 4.99 Å². The van der Waals surface area contributed by atoms with Crippen molar-refractivity contribution < 1.29 is 0 Å². The van der Waals surface area contributed by atoms with Gasteiger partial charge < -0.3 is 0 Å². The van der Waals surface area contributed by atoms with Gasteiger partial charge in [-0.15, -0.1) is 0 Å². The molecule has 1 nitrogen and oxygen atoms in total. The zero-order chi connectivity index (χ0) is 8.10. The Morgan fingerprint density at radius 1 is 1.36 bits per heavy atom. The molecule has 0 heterocycles. The van der Waals surface area contributed by atoms with E-state index in [-0.39, 0.29) is 0 Å². The van der Waals surface area contributed by atoms with Gasteiger partial charge in [0.05, 0.1) is 5.71 Å². The quantitative estimate of drug-likeness (QED) is 0.538. The van der Waals surface area contributed by atoms with Crippen molar-refractivity contribution >= 4 is 5.71 Å². The third kappa shape index (κ3) is 2.04. The third-order valence-corrected chi connectivity index (χ3v) is 1.35. The van der Waals surface area contributed by atoms with Gasteiger partial charge in [-0.05, 0) is 18.6 Å². The molecule has 11 heavy (non-hydrogen) atoms. The molecule has 0 unspecified atom stereocenters. The zero-order valence-electron chi connectivity index (χ0n) is 6.62. The number of aliphatic imine (C=N–C) groups is 1. The summed E-state index contributed by atoms with van der Waals surface area (Å²) in [5.74, 6) is 0. The molecule has 0 atom stereocenters. The molecule has 56 valence electrons. The second kappa shape index (κ2) is 3.71. The average Bonchev–Trinajstić information content (AvgIpc) is 2.03. The first-order valence-electron chi connectivity index (χ1n) is 3.57. The molecule has 0 radical (unpaired) electrons. The fourth-order valence-electron chi connectivity index (χ4n) is 0.792. The third-order valence-electron chi connectivity index (χ3n) is 1.35. The van der Waals surface area contributed by atoms with Gasteiger partial charge in [0.25, 0.3) is 0 Å². The van der Waals surface area contributed by atoms with E-state index >= 15 is 0 Å². The molecule has 0 saturated heterocycles. The highest BCUT2D eigenvalue weighted by molar-refractivity contribution is 6.11. The Morgan fingerprint density at radius 3 is 2.73 bits per heavy atom. The second-order valence-electron chi connectivity index (χ2n) is 2.24. The normalized spacial score (nSPS) is 20.5. The fraction of sp³-hybridized carbons (Fsp3) is 0.100. The largest absolute Gasteiger partial charge is 0.257 e. The molecule has 1 aliphatic rings. The van der Waals surface area contributed by atoms with Gasteiger partial charge in [0.2, 0.25) is 0 Å². The van der Waals surface area contributed by atoms with Crippen molar-refractivity contribution in [2.75, 3.05) is 0 Å². The molecule has 1 heteroatoms. The fourth-order valence-corrected chi connectivity index (χ4v) is 0.792. The van der Waals surface area contributed by atoms with Gasteiger partial charge in [-0.25, -0.2) is 0 Å². The van der Waals surface area contributed by atoms with Crippen LogP contribution in [-0.4, -0.2) is 5.71 Å². The van der Waals surface area contributed by atoms with E-state index in [1.54, 1.807) is 6.20 Å². The van der Waals surface area contributed by atoms with E-state index in [2.05, 4.69) is 11.6 Å². The highest BCUT2D eigenvalue weighted by Crippen LogP contribution is 2.05. The Bertz CT molecular complexity index is 265. The standard InChI is InChI=1S/C10H11N/c1-3-8-11-10-7-5-4-6-9(10)2/h3-8H,2H2,1H3/b8-3-,11-10-. The molecule has 0 aromatic rings. The summed E-state index contributed by atoms with van der Waals surface area (Å²) >= 11 is 0. The van der Waals surface area contributed by atoms with Crippen LogP contribution in [0.3, 0.4) is 0 Å². The molecule has 0 aliphatic heterocycles. The molecular weight excluding hydrogens is 134 g/mol. The van der Waals surface area contributed by atoms with Crippen LogP contribution in [0.15, 0.2) is 53.7 Å². The molecule has 0 bridgehead atoms. The summed E-state index contributed by atoms with van der Waals surface area (Å²) in [5, 5.41) is 0. The van der Waals surface area contributed by atoms with Crippen molar-refractivity contribution in [2.24, 2.45) is 4.99 Å². The topological polar surface area (TPSA) is 12.4 Å². The van der Waals surface area contributed by atoms with Gasteiger partial charge in [0, 0.05) is 6.20 Å². The minimum atomic E-state index is 0.936. The van der Waals surface area contributed by atoms with Gasteiger partial charge in [-0.2, -0.15) is 0 Å². The summed E-state index contributed by atoms with van der Waals surface area (Å²) in [4.78, 5) is 4.18. The number of allylic oxidation sites excluding steroid dienone is 6. The Morgan fingerprint density at radius 2 is 2.09 bits per heavy atom. The Labute approximate surface area is 67.2 Å². The zero-order valence-corrected chi connectivity index (χ0v) is 6.62. The molecule has 0 aromatic heterocycles. The van der Waals surface area contributed by atoms with Crippen LogP contribution in [0, 0.1) is 0 Å². The monoisotopic (exact) mass is 145 g/mol. The molecule has 0 amide bonds. The molecule has 1 aliphatic carbocycles. The van der Waals surface area contributed by atoms with E-state index in [0.717, 1.165) is 11.3 Å². The van der Waals surface area contributed by atoms with Gasteiger partial charge in [-0.1, -0.05) is 30.9 Å². The summed E-state index contributed by atoms with van der Waals surface area (Å²) < 4.78 is 0. The molecule has 0 aromatic carbocycles. The second-order valence-corrected chi connectivity index (χ2v) is 2.24. The predicted octanol–water partition coefficient (Wildman–Crippen LogP) is 2.64. The lowest BCUT2D eigenvalue weighted by atomic mass is 10.1. The van der Waals surface area contributed by atoms with E-state index in [1.165, 1.54) is 0 Å². The van der Waals surface area contributed by atoms with Crippen molar-refractivity contribution in [2.45, 2.75) is 6.92 Å². The van der Waals surface area contributed by atoms with E-state index in [1.807, 2.05) is 37.3 Å². The highest BCUT2D eigenvalue weighted by atomic mass is 14.7. The van der Waals surface area contributed by atoms with E-state index in [4.69, 9.17) is 0 Å². The first-order valence-corrected chi connectivity index (χ1v) is 3.57. The number of nitrogens with zero attached hydrogens (tertiary/aromatic N) is 1. The summed E-state index contributed by atoms with van der Waals surface area (Å²) in [6.07, 6.45) is 11.5. The van der Waals surface area contributed by atoms with Crippen LogP contribution < -0.4 is 0 Å². The van der Waals surface area contributed by atoms with Crippen LogP contribution in [0.4, 0.5) is 0 Å². The van der Waals surface area contributed by atoms with Crippen LogP contribution in [0.1, 0.15) is 6.92 Å². The minimum absolute atomic E-state index is 0.936. The van der Waals surface area contributed by atoms with E-state index in [9.17, 15) is 0 Å². The maximum Gasteiger partial charge on any atom is 0.0695 e. The molecule has 0 fully saturated rings. The first-order chi connectivity index (χ1) is 5.34. The smallest absolute Gasteiger partial charge is 0.0695 e. The SMILES string of the molecule is C=C1C=CC=C/C1=N/C=C\C. The summed E-state index contributed by atoms with van der Waals surface area (Å²) in [5.41, 5.74) is 1.90. The van der Waals surface area contributed by atoms with Gasteiger partial charge in [0.15, 0.2) is 0 Å². The Kier molecular flexibility index (Phi) is 2.61.